The van der Waals surface area contributed by atoms with Crippen LogP contribution in [-0.2, 0) is 9.59 Å². The first-order chi connectivity index (χ1) is 12.4. The molecule has 2 unspecified atom stereocenters. The Bertz CT molecular complexity index is 785. The van der Waals surface area contributed by atoms with Crippen LogP contribution >= 0.6 is 0 Å². The van der Waals surface area contributed by atoms with Crippen molar-refractivity contribution in [2.24, 2.45) is 11.8 Å². The highest BCUT2D eigenvalue weighted by molar-refractivity contribution is 6.11. The second-order valence-electron chi connectivity index (χ2n) is 6.41. The molecular weight excluding hydrogens is 333 g/mol. The minimum absolute atomic E-state index is 0.255. The molecule has 2 aromatic carbocycles. The number of halogens is 1. The zero-order valence-corrected chi connectivity index (χ0v) is 15.0. The monoisotopic (exact) mass is 355 g/mol. The van der Waals surface area contributed by atoms with Crippen molar-refractivity contribution in [3.05, 3.63) is 71.5 Å². The molecule has 0 heterocycles. The van der Waals surface area contributed by atoms with E-state index in [0.717, 1.165) is 0 Å². The van der Waals surface area contributed by atoms with Gasteiger partial charge in [0, 0.05) is 18.5 Å². The Morgan fingerprint density at radius 3 is 2.00 bits per heavy atom. The fraction of sp³-hybridized carbons (Fsp3) is 0.286. The molecule has 4 nitrogen and oxygen atoms in total. The average molecular weight is 355 g/mol. The van der Waals surface area contributed by atoms with Crippen LogP contribution in [0.4, 0.5) is 4.39 Å². The summed E-state index contributed by atoms with van der Waals surface area (Å²) in [5.41, 5.74) is 0.829. The van der Waals surface area contributed by atoms with Gasteiger partial charge >= 0.3 is 0 Å². The van der Waals surface area contributed by atoms with E-state index >= 15 is 0 Å². The molecule has 0 aliphatic heterocycles. The standard InChI is InChI=1S/C21H22FNO3/c1-13(2)19(24)18(21(26)23-3)17(14-7-5-4-6-8-14)20(25)15-9-11-16(22)12-10-15/h4-13,17-18H,1-3H3,(H,23,26). The van der Waals surface area contributed by atoms with E-state index in [1.807, 2.05) is 0 Å². The first kappa shape index (κ1) is 19.5. The van der Waals surface area contributed by atoms with Crippen molar-refractivity contribution < 1.29 is 18.8 Å². The van der Waals surface area contributed by atoms with E-state index in [1.165, 1.54) is 31.3 Å². The molecular formula is C21H22FNO3. The van der Waals surface area contributed by atoms with Gasteiger partial charge in [-0.05, 0) is 29.8 Å². The number of Topliss-reactive ketones (excluding diaryl/α,β-unsaturated/α-hetero) is 2. The Morgan fingerprint density at radius 2 is 1.50 bits per heavy atom. The molecule has 2 atom stereocenters. The highest BCUT2D eigenvalue weighted by Gasteiger charge is 2.40. The fourth-order valence-corrected chi connectivity index (χ4v) is 2.91. The van der Waals surface area contributed by atoms with Gasteiger partial charge in [-0.2, -0.15) is 0 Å². The lowest BCUT2D eigenvalue weighted by Gasteiger charge is -2.26. The van der Waals surface area contributed by atoms with E-state index in [1.54, 1.807) is 44.2 Å². The molecule has 1 N–H and O–H groups in total. The topological polar surface area (TPSA) is 63.2 Å². The van der Waals surface area contributed by atoms with Gasteiger partial charge in [0.2, 0.25) is 5.91 Å². The smallest absolute Gasteiger partial charge is 0.231 e. The maximum atomic E-state index is 13.2. The summed E-state index contributed by atoms with van der Waals surface area (Å²) in [6.45, 7) is 3.39. The highest BCUT2D eigenvalue weighted by atomic mass is 19.1. The molecule has 2 rings (SSSR count). The van der Waals surface area contributed by atoms with Gasteiger partial charge in [-0.1, -0.05) is 44.2 Å². The summed E-state index contributed by atoms with van der Waals surface area (Å²) < 4.78 is 13.2. The van der Waals surface area contributed by atoms with Crippen molar-refractivity contribution in [2.45, 2.75) is 19.8 Å². The third kappa shape index (κ3) is 4.23. The Hall–Kier alpha value is -2.82. The van der Waals surface area contributed by atoms with E-state index in [0.29, 0.717) is 5.56 Å². The first-order valence-corrected chi connectivity index (χ1v) is 8.46. The highest BCUT2D eigenvalue weighted by Crippen LogP contribution is 2.31. The number of ketones is 2. The zero-order valence-electron chi connectivity index (χ0n) is 15.0. The van der Waals surface area contributed by atoms with Gasteiger partial charge in [0.05, 0.1) is 5.92 Å². The Morgan fingerprint density at radius 1 is 0.923 bits per heavy atom. The van der Waals surface area contributed by atoms with Crippen molar-refractivity contribution in [1.82, 2.24) is 5.32 Å². The van der Waals surface area contributed by atoms with Crippen LogP contribution in [0.5, 0.6) is 0 Å². The summed E-state index contributed by atoms with van der Waals surface area (Å²) in [5.74, 6) is -4.21. The lowest BCUT2D eigenvalue weighted by Crippen LogP contribution is -2.41. The average Bonchev–Trinajstić information content (AvgIpc) is 2.65. The number of hydrogen-bond donors (Lipinski definition) is 1. The van der Waals surface area contributed by atoms with Crippen molar-refractivity contribution >= 4 is 17.5 Å². The molecule has 0 saturated carbocycles. The molecule has 0 aromatic heterocycles. The zero-order chi connectivity index (χ0) is 19.3. The number of rotatable bonds is 7. The van der Waals surface area contributed by atoms with Crippen molar-refractivity contribution in [3.8, 4) is 0 Å². The predicted molar refractivity (Wildman–Crippen MR) is 97.3 cm³/mol. The molecule has 0 aliphatic carbocycles. The number of benzene rings is 2. The summed E-state index contributed by atoms with van der Waals surface area (Å²) in [5, 5.41) is 2.49. The molecule has 0 radical (unpaired) electrons. The number of amides is 1. The lowest BCUT2D eigenvalue weighted by molar-refractivity contribution is -0.136. The first-order valence-electron chi connectivity index (χ1n) is 8.46. The third-order valence-electron chi connectivity index (χ3n) is 4.31. The van der Waals surface area contributed by atoms with Gasteiger partial charge in [-0.25, -0.2) is 4.39 Å². The summed E-state index contributed by atoms with van der Waals surface area (Å²) in [6, 6.07) is 13.8. The molecule has 26 heavy (non-hydrogen) atoms. The second-order valence-corrected chi connectivity index (χ2v) is 6.41. The Labute approximate surface area is 152 Å². The van der Waals surface area contributed by atoms with E-state index < -0.39 is 29.5 Å². The number of hydrogen-bond acceptors (Lipinski definition) is 3. The van der Waals surface area contributed by atoms with Gasteiger partial charge in [-0.3, -0.25) is 14.4 Å². The van der Waals surface area contributed by atoms with Crippen LogP contribution in [0.25, 0.3) is 0 Å². The Balaban J connectivity index is 2.58. The SMILES string of the molecule is CNC(=O)C(C(=O)C(C)C)C(C(=O)c1ccc(F)cc1)c1ccccc1. The normalized spacial score (nSPS) is 13.1. The van der Waals surface area contributed by atoms with Crippen LogP contribution in [0, 0.1) is 17.7 Å². The second kappa shape index (κ2) is 8.52. The molecule has 0 saturated heterocycles. The van der Waals surface area contributed by atoms with Crippen LogP contribution in [-0.4, -0.2) is 24.5 Å². The predicted octanol–water partition coefficient (Wildman–Crippen LogP) is 3.38. The fourth-order valence-electron chi connectivity index (χ4n) is 2.91. The van der Waals surface area contributed by atoms with Gasteiger partial charge < -0.3 is 5.32 Å². The molecule has 0 aliphatic rings. The summed E-state index contributed by atoms with van der Waals surface area (Å²) in [7, 11) is 1.44. The number of carbonyl (C=O) groups excluding carboxylic acids is 3. The molecule has 0 fully saturated rings. The minimum Gasteiger partial charge on any atom is -0.359 e. The maximum Gasteiger partial charge on any atom is 0.231 e. The maximum absolute atomic E-state index is 13.2. The molecule has 1 amide bonds. The van der Waals surface area contributed by atoms with Gasteiger partial charge in [0.15, 0.2) is 5.78 Å². The van der Waals surface area contributed by atoms with Crippen LogP contribution in [0.2, 0.25) is 0 Å². The molecule has 2 aromatic rings. The molecule has 0 bridgehead atoms. The van der Waals surface area contributed by atoms with Crippen LogP contribution in [0.15, 0.2) is 54.6 Å². The molecule has 0 spiro atoms. The summed E-state index contributed by atoms with van der Waals surface area (Å²) >= 11 is 0. The van der Waals surface area contributed by atoms with Crippen molar-refractivity contribution in [3.63, 3.8) is 0 Å². The van der Waals surface area contributed by atoms with Gasteiger partial charge in [0.25, 0.3) is 0 Å². The van der Waals surface area contributed by atoms with Crippen LogP contribution in [0.1, 0.15) is 35.7 Å². The molecule has 5 heteroatoms. The lowest BCUT2D eigenvalue weighted by atomic mass is 9.75. The van der Waals surface area contributed by atoms with Gasteiger partial charge in [-0.15, -0.1) is 0 Å². The number of carbonyl (C=O) groups is 3. The van der Waals surface area contributed by atoms with E-state index in [4.69, 9.17) is 0 Å². The van der Waals surface area contributed by atoms with E-state index in [-0.39, 0.29) is 17.1 Å². The summed E-state index contributed by atoms with van der Waals surface area (Å²) in [6.07, 6.45) is 0. The van der Waals surface area contributed by atoms with Gasteiger partial charge in [0.1, 0.15) is 17.5 Å². The largest absolute Gasteiger partial charge is 0.359 e. The Kier molecular flexibility index (Phi) is 6.39. The number of nitrogens with one attached hydrogen (secondary N) is 1. The van der Waals surface area contributed by atoms with Crippen LogP contribution < -0.4 is 5.32 Å². The van der Waals surface area contributed by atoms with Crippen molar-refractivity contribution in [1.29, 1.82) is 0 Å². The quantitative estimate of drug-likeness (QED) is 0.612. The summed E-state index contributed by atoms with van der Waals surface area (Å²) in [4.78, 5) is 38.5. The third-order valence-corrected chi connectivity index (χ3v) is 4.31. The van der Waals surface area contributed by atoms with Crippen molar-refractivity contribution in [2.75, 3.05) is 7.05 Å². The van der Waals surface area contributed by atoms with E-state index in [9.17, 15) is 18.8 Å². The minimum atomic E-state index is -1.15. The molecule has 136 valence electrons. The van der Waals surface area contributed by atoms with E-state index in [2.05, 4.69) is 5.32 Å². The van der Waals surface area contributed by atoms with Crippen LogP contribution in [0.3, 0.4) is 0 Å².